The lowest BCUT2D eigenvalue weighted by Gasteiger charge is -2.29. The van der Waals surface area contributed by atoms with Gasteiger partial charge in [-0.2, -0.15) is 4.31 Å². The van der Waals surface area contributed by atoms with Crippen molar-refractivity contribution >= 4 is 22.4 Å². The minimum Gasteiger partial charge on any atom is -0.328 e. The quantitative estimate of drug-likeness (QED) is 0.900. The van der Waals surface area contributed by atoms with Crippen LogP contribution < -0.4 is 5.73 Å². The molecule has 1 aliphatic rings. The highest BCUT2D eigenvalue weighted by Crippen LogP contribution is 2.23. The van der Waals surface area contributed by atoms with Gasteiger partial charge in [-0.3, -0.25) is 0 Å². The van der Waals surface area contributed by atoms with Gasteiger partial charge >= 0.3 is 0 Å². The van der Waals surface area contributed by atoms with Crippen LogP contribution in [-0.2, 0) is 10.0 Å². The van der Waals surface area contributed by atoms with E-state index in [1.165, 1.54) is 0 Å². The van der Waals surface area contributed by atoms with E-state index < -0.39 is 26.6 Å². The predicted molar refractivity (Wildman–Crippen MR) is 69.6 cm³/mol. The molecule has 19 heavy (non-hydrogen) atoms. The smallest absolute Gasteiger partial charge is 0.246 e. The molecule has 0 saturated carbocycles. The maximum absolute atomic E-state index is 13.5. The van der Waals surface area contributed by atoms with Crippen molar-refractivity contribution in [3.05, 3.63) is 29.8 Å². The third-order valence-corrected chi connectivity index (χ3v) is 4.92. The minimum atomic E-state index is -3.98. The largest absolute Gasteiger partial charge is 0.328 e. The second kappa shape index (κ2) is 6.13. The Kier molecular flexibility index (Phi) is 5.26. The van der Waals surface area contributed by atoms with E-state index in [4.69, 9.17) is 5.73 Å². The van der Waals surface area contributed by atoms with Gasteiger partial charge in [0.05, 0.1) is 0 Å². The van der Waals surface area contributed by atoms with Gasteiger partial charge in [0.15, 0.2) is 0 Å². The molecule has 4 nitrogen and oxygen atoms in total. The molecule has 108 valence electrons. The van der Waals surface area contributed by atoms with Gasteiger partial charge in [0.25, 0.3) is 0 Å². The summed E-state index contributed by atoms with van der Waals surface area (Å²) in [6.45, 7) is 0.471. The summed E-state index contributed by atoms with van der Waals surface area (Å²) in [5.74, 6) is -1.71. The first-order chi connectivity index (χ1) is 8.41. The van der Waals surface area contributed by atoms with Crippen LogP contribution in [0.25, 0.3) is 0 Å². The van der Waals surface area contributed by atoms with E-state index in [0.29, 0.717) is 18.9 Å². The summed E-state index contributed by atoms with van der Waals surface area (Å²) >= 11 is 0. The first-order valence-corrected chi connectivity index (χ1v) is 7.06. The van der Waals surface area contributed by atoms with E-state index in [1.54, 1.807) is 0 Å². The highest BCUT2D eigenvalue weighted by Gasteiger charge is 2.30. The lowest BCUT2D eigenvalue weighted by atomic mass is 10.1. The number of halogens is 3. The molecule has 0 atom stereocenters. The van der Waals surface area contributed by atoms with Gasteiger partial charge in [-0.1, -0.05) is 0 Å². The summed E-state index contributed by atoms with van der Waals surface area (Å²) < 4.78 is 52.0. The molecule has 1 aromatic carbocycles. The summed E-state index contributed by atoms with van der Waals surface area (Å²) in [6, 6.07) is 2.38. The van der Waals surface area contributed by atoms with Crippen LogP contribution in [0.5, 0.6) is 0 Å². The van der Waals surface area contributed by atoms with Crippen molar-refractivity contribution in [2.75, 3.05) is 13.1 Å². The molecule has 1 saturated heterocycles. The molecule has 0 aliphatic carbocycles. The Morgan fingerprint density at radius 1 is 1.21 bits per heavy atom. The molecule has 1 aromatic rings. The van der Waals surface area contributed by atoms with E-state index in [1.807, 2.05) is 0 Å². The van der Waals surface area contributed by atoms with Crippen LogP contribution in [0.1, 0.15) is 12.8 Å². The van der Waals surface area contributed by atoms with Crippen molar-refractivity contribution in [3.8, 4) is 0 Å². The minimum absolute atomic E-state index is 0. The summed E-state index contributed by atoms with van der Waals surface area (Å²) in [4.78, 5) is -0.613. The topological polar surface area (TPSA) is 63.4 Å². The van der Waals surface area contributed by atoms with Crippen LogP contribution in [-0.4, -0.2) is 31.9 Å². The summed E-state index contributed by atoms with van der Waals surface area (Å²) in [5, 5.41) is 0. The van der Waals surface area contributed by atoms with Gasteiger partial charge in [-0.05, 0) is 31.0 Å². The van der Waals surface area contributed by atoms with Crippen LogP contribution in [0.4, 0.5) is 8.78 Å². The standard InChI is InChI=1S/C11H14F2N2O2S.ClH/c12-8-1-2-10(13)11(7-8)18(16,17)15-5-3-9(14)4-6-15;/h1-2,7,9H,3-6,14H2;1H. The highest BCUT2D eigenvalue weighted by molar-refractivity contribution is 7.89. The zero-order valence-electron chi connectivity index (χ0n) is 10.1. The Morgan fingerprint density at radius 2 is 1.79 bits per heavy atom. The van der Waals surface area contributed by atoms with Gasteiger partial charge in [0, 0.05) is 19.1 Å². The van der Waals surface area contributed by atoms with Crippen LogP contribution >= 0.6 is 12.4 Å². The van der Waals surface area contributed by atoms with E-state index >= 15 is 0 Å². The van der Waals surface area contributed by atoms with E-state index in [9.17, 15) is 17.2 Å². The Bertz CT molecular complexity index is 546. The fourth-order valence-electron chi connectivity index (χ4n) is 1.93. The zero-order chi connectivity index (χ0) is 13.3. The Morgan fingerprint density at radius 3 is 2.37 bits per heavy atom. The van der Waals surface area contributed by atoms with Crippen LogP contribution in [0.3, 0.4) is 0 Å². The normalized spacial score (nSPS) is 18.1. The van der Waals surface area contributed by atoms with Crippen molar-refractivity contribution in [1.29, 1.82) is 0 Å². The number of hydrogen-bond donors (Lipinski definition) is 1. The summed E-state index contributed by atoms with van der Waals surface area (Å²) in [6.07, 6.45) is 1.05. The molecule has 0 bridgehead atoms. The lowest BCUT2D eigenvalue weighted by Crippen LogP contribution is -2.43. The van der Waals surface area contributed by atoms with E-state index in [0.717, 1.165) is 16.4 Å². The SMILES string of the molecule is Cl.NC1CCN(S(=O)(=O)c2cc(F)ccc2F)CC1. The molecule has 2 N–H and O–H groups in total. The van der Waals surface area contributed by atoms with Gasteiger partial charge < -0.3 is 5.73 Å². The maximum Gasteiger partial charge on any atom is 0.246 e. The van der Waals surface area contributed by atoms with E-state index in [-0.39, 0.29) is 31.5 Å². The number of benzene rings is 1. The van der Waals surface area contributed by atoms with Crippen LogP contribution in [0, 0.1) is 11.6 Å². The van der Waals surface area contributed by atoms with Crippen molar-refractivity contribution in [2.24, 2.45) is 5.73 Å². The number of rotatable bonds is 2. The monoisotopic (exact) mass is 312 g/mol. The fraction of sp³-hybridized carbons (Fsp3) is 0.455. The molecule has 2 rings (SSSR count). The molecular weight excluding hydrogens is 298 g/mol. The lowest BCUT2D eigenvalue weighted by molar-refractivity contribution is 0.318. The number of sulfonamides is 1. The number of nitrogens with two attached hydrogens (primary N) is 1. The Hall–Kier alpha value is -0.760. The second-order valence-electron chi connectivity index (χ2n) is 4.32. The fourth-order valence-corrected chi connectivity index (χ4v) is 3.48. The molecule has 0 unspecified atom stereocenters. The van der Waals surface area contributed by atoms with Gasteiger partial charge in [-0.15, -0.1) is 12.4 Å². The van der Waals surface area contributed by atoms with Crippen molar-refractivity contribution in [1.82, 2.24) is 4.31 Å². The second-order valence-corrected chi connectivity index (χ2v) is 6.22. The first kappa shape index (κ1) is 16.3. The molecule has 0 radical (unpaired) electrons. The average Bonchev–Trinajstić information content (AvgIpc) is 2.32. The molecule has 0 spiro atoms. The average molecular weight is 313 g/mol. The zero-order valence-corrected chi connectivity index (χ0v) is 11.7. The van der Waals surface area contributed by atoms with Gasteiger partial charge in [0.1, 0.15) is 16.5 Å². The molecular formula is C11H15ClF2N2O2S. The van der Waals surface area contributed by atoms with Crippen molar-refractivity contribution in [3.63, 3.8) is 0 Å². The van der Waals surface area contributed by atoms with Crippen molar-refractivity contribution in [2.45, 2.75) is 23.8 Å². The first-order valence-electron chi connectivity index (χ1n) is 5.62. The molecule has 0 aromatic heterocycles. The number of hydrogen-bond acceptors (Lipinski definition) is 3. The maximum atomic E-state index is 13.5. The molecule has 1 heterocycles. The third-order valence-electron chi connectivity index (χ3n) is 3.01. The Labute approximate surface area is 117 Å². The number of piperidine rings is 1. The summed E-state index contributed by atoms with van der Waals surface area (Å²) in [7, 11) is -3.98. The van der Waals surface area contributed by atoms with E-state index in [2.05, 4.69) is 0 Å². The molecule has 0 amide bonds. The highest BCUT2D eigenvalue weighted by atomic mass is 35.5. The predicted octanol–water partition coefficient (Wildman–Crippen LogP) is 1.50. The van der Waals surface area contributed by atoms with Gasteiger partial charge in [0.2, 0.25) is 10.0 Å². The van der Waals surface area contributed by atoms with Gasteiger partial charge in [-0.25, -0.2) is 17.2 Å². The number of nitrogens with zero attached hydrogens (tertiary/aromatic N) is 1. The third kappa shape index (κ3) is 3.42. The molecule has 1 fully saturated rings. The molecule has 1 aliphatic heterocycles. The molecule has 8 heteroatoms. The van der Waals surface area contributed by atoms with Crippen LogP contribution in [0.2, 0.25) is 0 Å². The van der Waals surface area contributed by atoms with Crippen molar-refractivity contribution < 1.29 is 17.2 Å². The Balaban J connectivity index is 0.00000180. The summed E-state index contributed by atoms with van der Waals surface area (Å²) in [5.41, 5.74) is 5.68. The van der Waals surface area contributed by atoms with Crippen LogP contribution in [0.15, 0.2) is 23.1 Å².